The van der Waals surface area contributed by atoms with Crippen LogP contribution in [0.3, 0.4) is 0 Å². The minimum Gasteiger partial charge on any atom is -0.359 e. The van der Waals surface area contributed by atoms with Crippen molar-refractivity contribution < 1.29 is 14.1 Å². The van der Waals surface area contributed by atoms with Gasteiger partial charge < -0.3 is 14.7 Å². The standard InChI is InChI=1S/C20H18N4O3/c1-24(12-14-11-17(23-27-14)16-8-4-5-9-21-16)20(26)18-10-13-6-2-3-7-15(13)19(25)22-18/h2-9,11,18H,10,12H2,1H3,(H,22,25). The molecule has 0 aliphatic carbocycles. The van der Waals surface area contributed by atoms with Crippen LogP contribution in [0, 0.1) is 0 Å². The second kappa shape index (κ2) is 7.03. The Bertz CT molecular complexity index is 984. The number of pyridine rings is 1. The van der Waals surface area contributed by atoms with Crippen LogP contribution < -0.4 is 5.32 Å². The van der Waals surface area contributed by atoms with Crippen molar-refractivity contribution in [3.63, 3.8) is 0 Å². The summed E-state index contributed by atoms with van der Waals surface area (Å²) in [5, 5.41) is 6.79. The van der Waals surface area contributed by atoms with Crippen LogP contribution in [0.4, 0.5) is 0 Å². The highest BCUT2D eigenvalue weighted by Crippen LogP contribution is 2.19. The molecule has 1 unspecified atom stereocenters. The number of hydrogen-bond acceptors (Lipinski definition) is 5. The zero-order chi connectivity index (χ0) is 18.8. The van der Waals surface area contributed by atoms with E-state index < -0.39 is 6.04 Å². The third-order valence-electron chi connectivity index (χ3n) is 4.54. The van der Waals surface area contributed by atoms with Gasteiger partial charge in [0.15, 0.2) is 5.76 Å². The zero-order valence-electron chi connectivity index (χ0n) is 14.8. The van der Waals surface area contributed by atoms with E-state index in [-0.39, 0.29) is 18.4 Å². The molecule has 1 aliphatic rings. The lowest BCUT2D eigenvalue weighted by atomic mass is 9.94. The molecule has 3 heterocycles. The van der Waals surface area contributed by atoms with Crippen LogP contribution in [-0.4, -0.2) is 39.9 Å². The first kappa shape index (κ1) is 17.0. The van der Waals surface area contributed by atoms with Gasteiger partial charge >= 0.3 is 0 Å². The van der Waals surface area contributed by atoms with Gasteiger partial charge in [0, 0.05) is 31.3 Å². The fourth-order valence-electron chi connectivity index (χ4n) is 3.18. The molecule has 0 bridgehead atoms. The molecule has 1 atom stereocenters. The summed E-state index contributed by atoms with van der Waals surface area (Å²) in [6, 6.07) is 14.0. The normalized spacial score (nSPS) is 15.7. The van der Waals surface area contributed by atoms with Crippen molar-refractivity contribution in [3.05, 3.63) is 71.6 Å². The third kappa shape index (κ3) is 3.44. The van der Waals surface area contributed by atoms with Gasteiger partial charge in [0.2, 0.25) is 5.91 Å². The van der Waals surface area contributed by atoms with Crippen molar-refractivity contribution in [1.82, 2.24) is 20.4 Å². The molecule has 7 nitrogen and oxygen atoms in total. The number of rotatable bonds is 4. The Morgan fingerprint density at radius 2 is 2.04 bits per heavy atom. The first-order valence-electron chi connectivity index (χ1n) is 8.62. The highest BCUT2D eigenvalue weighted by Gasteiger charge is 2.30. The van der Waals surface area contributed by atoms with Gasteiger partial charge in [0.05, 0.1) is 12.2 Å². The molecule has 0 radical (unpaired) electrons. The van der Waals surface area contributed by atoms with E-state index in [1.165, 1.54) is 4.90 Å². The molecule has 0 fully saturated rings. The molecule has 136 valence electrons. The predicted octanol–water partition coefficient (Wildman–Crippen LogP) is 2.05. The van der Waals surface area contributed by atoms with Gasteiger partial charge in [0.25, 0.3) is 5.91 Å². The van der Waals surface area contributed by atoms with Crippen molar-refractivity contribution in [2.75, 3.05) is 7.05 Å². The van der Waals surface area contributed by atoms with E-state index in [1.54, 1.807) is 25.4 Å². The molecule has 0 spiro atoms. The maximum Gasteiger partial charge on any atom is 0.252 e. The highest BCUT2D eigenvalue weighted by atomic mass is 16.5. The molecule has 4 rings (SSSR count). The van der Waals surface area contributed by atoms with E-state index in [0.29, 0.717) is 29.1 Å². The van der Waals surface area contributed by atoms with E-state index >= 15 is 0 Å². The summed E-state index contributed by atoms with van der Waals surface area (Å²) >= 11 is 0. The largest absolute Gasteiger partial charge is 0.359 e. The SMILES string of the molecule is CN(Cc1cc(-c2ccccn2)no1)C(=O)C1Cc2ccccc2C(=O)N1. The molecule has 0 saturated heterocycles. The average Bonchev–Trinajstić information content (AvgIpc) is 3.16. The number of aromatic nitrogens is 2. The van der Waals surface area contributed by atoms with Gasteiger partial charge in [-0.15, -0.1) is 0 Å². The summed E-state index contributed by atoms with van der Waals surface area (Å²) in [5.74, 6) is 0.156. The Morgan fingerprint density at radius 1 is 1.22 bits per heavy atom. The molecule has 1 N–H and O–H groups in total. The fraction of sp³-hybridized carbons (Fsp3) is 0.200. The Morgan fingerprint density at radius 3 is 2.85 bits per heavy atom. The van der Waals surface area contributed by atoms with Gasteiger partial charge in [-0.1, -0.05) is 29.4 Å². The lowest BCUT2D eigenvalue weighted by Gasteiger charge is -2.28. The van der Waals surface area contributed by atoms with Crippen LogP contribution in [0.25, 0.3) is 11.4 Å². The molecular weight excluding hydrogens is 344 g/mol. The molecule has 1 aliphatic heterocycles. The van der Waals surface area contributed by atoms with E-state index in [2.05, 4.69) is 15.5 Å². The van der Waals surface area contributed by atoms with E-state index in [1.807, 2.05) is 36.4 Å². The number of nitrogens with zero attached hydrogens (tertiary/aromatic N) is 3. The summed E-state index contributed by atoms with van der Waals surface area (Å²) in [4.78, 5) is 30.8. The van der Waals surface area contributed by atoms with Crippen LogP contribution in [0.1, 0.15) is 21.7 Å². The van der Waals surface area contributed by atoms with Crippen LogP contribution in [0.2, 0.25) is 0 Å². The van der Waals surface area contributed by atoms with Crippen LogP contribution in [0.15, 0.2) is 59.3 Å². The summed E-state index contributed by atoms with van der Waals surface area (Å²) in [7, 11) is 1.68. The number of likely N-dealkylation sites (N-methyl/N-ethyl adjacent to an activating group) is 1. The van der Waals surface area contributed by atoms with E-state index in [0.717, 1.165) is 5.56 Å². The molecule has 2 aromatic heterocycles. The molecule has 3 aromatic rings. The van der Waals surface area contributed by atoms with Crippen molar-refractivity contribution in [2.45, 2.75) is 19.0 Å². The first-order valence-corrected chi connectivity index (χ1v) is 8.62. The Hall–Kier alpha value is -3.48. The molecule has 7 heteroatoms. The van der Waals surface area contributed by atoms with Gasteiger partial charge in [-0.2, -0.15) is 0 Å². The summed E-state index contributed by atoms with van der Waals surface area (Å²) in [6.07, 6.45) is 2.16. The first-order chi connectivity index (χ1) is 13.1. The number of nitrogens with one attached hydrogen (secondary N) is 1. The Kier molecular flexibility index (Phi) is 4.42. The summed E-state index contributed by atoms with van der Waals surface area (Å²) in [6.45, 7) is 0.257. The van der Waals surface area contributed by atoms with Crippen LogP contribution in [0.5, 0.6) is 0 Å². The minimum atomic E-state index is -0.587. The summed E-state index contributed by atoms with van der Waals surface area (Å²) in [5.41, 5.74) is 2.83. The van der Waals surface area contributed by atoms with E-state index in [9.17, 15) is 9.59 Å². The van der Waals surface area contributed by atoms with Crippen LogP contribution >= 0.6 is 0 Å². The van der Waals surface area contributed by atoms with Crippen molar-refractivity contribution in [1.29, 1.82) is 0 Å². The van der Waals surface area contributed by atoms with Crippen molar-refractivity contribution >= 4 is 11.8 Å². The maximum atomic E-state index is 12.8. The van der Waals surface area contributed by atoms with Crippen LogP contribution in [-0.2, 0) is 17.8 Å². The lowest BCUT2D eigenvalue weighted by Crippen LogP contribution is -2.51. The minimum absolute atomic E-state index is 0.173. The lowest BCUT2D eigenvalue weighted by molar-refractivity contribution is -0.132. The topological polar surface area (TPSA) is 88.3 Å². The quantitative estimate of drug-likeness (QED) is 0.767. The monoisotopic (exact) mass is 362 g/mol. The molecule has 27 heavy (non-hydrogen) atoms. The smallest absolute Gasteiger partial charge is 0.252 e. The molecule has 2 amide bonds. The van der Waals surface area contributed by atoms with Gasteiger partial charge in [-0.3, -0.25) is 14.6 Å². The third-order valence-corrected chi connectivity index (χ3v) is 4.54. The number of fused-ring (bicyclic) bond motifs is 1. The predicted molar refractivity (Wildman–Crippen MR) is 97.6 cm³/mol. The molecular formula is C20H18N4O3. The number of carbonyl (C=O) groups is 2. The van der Waals surface area contributed by atoms with Gasteiger partial charge in [-0.05, 0) is 23.8 Å². The Balaban J connectivity index is 1.45. The molecule has 1 aromatic carbocycles. The summed E-state index contributed by atoms with van der Waals surface area (Å²) < 4.78 is 5.33. The van der Waals surface area contributed by atoms with Gasteiger partial charge in [-0.25, -0.2) is 0 Å². The molecule has 0 saturated carbocycles. The average molecular weight is 362 g/mol. The second-order valence-electron chi connectivity index (χ2n) is 6.48. The van der Waals surface area contributed by atoms with Gasteiger partial charge in [0.1, 0.15) is 11.7 Å². The maximum absolute atomic E-state index is 12.8. The number of benzene rings is 1. The van der Waals surface area contributed by atoms with Crippen molar-refractivity contribution in [3.8, 4) is 11.4 Å². The number of amides is 2. The van der Waals surface area contributed by atoms with E-state index in [4.69, 9.17) is 4.52 Å². The zero-order valence-corrected chi connectivity index (χ0v) is 14.8. The fourth-order valence-corrected chi connectivity index (χ4v) is 3.18. The second-order valence-corrected chi connectivity index (χ2v) is 6.48. The number of hydrogen-bond donors (Lipinski definition) is 1. The highest BCUT2D eigenvalue weighted by molar-refractivity contribution is 6.00. The van der Waals surface area contributed by atoms with Crippen molar-refractivity contribution in [2.24, 2.45) is 0 Å². The number of carbonyl (C=O) groups excluding carboxylic acids is 2. The Labute approximate surface area is 156 Å².